The van der Waals surface area contributed by atoms with Gasteiger partial charge in [-0.1, -0.05) is 6.07 Å². The van der Waals surface area contributed by atoms with Crippen LogP contribution < -0.4 is 0 Å². The van der Waals surface area contributed by atoms with E-state index < -0.39 is 5.97 Å². The molecular weight excluding hydrogens is 337 g/mol. The molecule has 6 nitrogen and oxygen atoms in total. The second-order valence-corrected chi connectivity index (χ2v) is 6.40. The van der Waals surface area contributed by atoms with Gasteiger partial charge in [-0.25, -0.2) is 9.07 Å². The van der Waals surface area contributed by atoms with Crippen molar-refractivity contribution in [1.29, 1.82) is 0 Å². The van der Waals surface area contributed by atoms with Crippen LogP contribution in [0.3, 0.4) is 0 Å². The summed E-state index contributed by atoms with van der Waals surface area (Å²) in [5.74, 6) is -1.56. The molecule has 1 aromatic heterocycles. The zero-order chi connectivity index (χ0) is 18.7. The number of carbonyl (C=O) groups is 2. The number of amides is 1. The summed E-state index contributed by atoms with van der Waals surface area (Å²) in [5, 5.41) is 13.4. The fraction of sp³-hybridized carbons (Fsp3) is 0.421. The minimum absolute atomic E-state index is 0.105. The molecule has 26 heavy (non-hydrogen) atoms. The standard InChI is InChI=1S/C19H22FN3O3/c1-2-22(11-10-17(24)25)19(26)18-15-8-3-4-9-16(15)23(21-18)14-7-5-6-13(20)12-14/h5-7,12H,2-4,8-11H2,1H3,(H,24,25). The van der Waals surface area contributed by atoms with Gasteiger partial charge in [-0.05, 0) is 50.8 Å². The molecule has 1 heterocycles. The van der Waals surface area contributed by atoms with Gasteiger partial charge in [-0.3, -0.25) is 9.59 Å². The van der Waals surface area contributed by atoms with E-state index in [1.165, 1.54) is 17.0 Å². The van der Waals surface area contributed by atoms with Gasteiger partial charge >= 0.3 is 5.97 Å². The van der Waals surface area contributed by atoms with Crippen LogP contribution in [0.1, 0.15) is 47.9 Å². The van der Waals surface area contributed by atoms with E-state index in [0.29, 0.717) is 17.9 Å². The Labute approximate surface area is 151 Å². The van der Waals surface area contributed by atoms with Gasteiger partial charge in [-0.15, -0.1) is 0 Å². The minimum Gasteiger partial charge on any atom is -0.481 e. The Balaban J connectivity index is 1.99. The van der Waals surface area contributed by atoms with Gasteiger partial charge in [0.25, 0.3) is 5.91 Å². The van der Waals surface area contributed by atoms with Gasteiger partial charge in [0.15, 0.2) is 5.69 Å². The van der Waals surface area contributed by atoms with Crippen molar-refractivity contribution < 1.29 is 19.1 Å². The van der Waals surface area contributed by atoms with E-state index in [0.717, 1.165) is 36.9 Å². The summed E-state index contributed by atoms with van der Waals surface area (Å²) >= 11 is 0. The number of hydrogen-bond acceptors (Lipinski definition) is 3. The second-order valence-electron chi connectivity index (χ2n) is 6.40. The van der Waals surface area contributed by atoms with Crippen molar-refractivity contribution in [2.24, 2.45) is 0 Å². The first-order valence-electron chi connectivity index (χ1n) is 8.89. The number of carboxylic acid groups (broad SMARTS) is 1. The summed E-state index contributed by atoms with van der Waals surface area (Å²) in [6.45, 7) is 2.37. The van der Waals surface area contributed by atoms with Crippen molar-refractivity contribution in [2.45, 2.75) is 39.0 Å². The molecule has 0 atom stereocenters. The minimum atomic E-state index is -0.941. The largest absolute Gasteiger partial charge is 0.481 e. The van der Waals surface area contributed by atoms with Gasteiger partial charge in [0.1, 0.15) is 5.82 Å². The molecule has 1 N–H and O–H groups in total. The third kappa shape index (κ3) is 3.61. The average Bonchev–Trinajstić information content (AvgIpc) is 3.01. The Hall–Kier alpha value is -2.70. The zero-order valence-electron chi connectivity index (χ0n) is 14.7. The van der Waals surface area contributed by atoms with Crippen molar-refractivity contribution in [3.05, 3.63) is 47.0 Å². The number of carboxylic acids is 1. The molecular formula is C19H22FN3O3. The predicted molar refractivity (Wildman–Crippen MR) is 94.0 cm³/mol. The van der Waals surface area contributed by atoms with E-state index in [4.69, 9.17) is 5.11 Å². The first kappa shape index (κ1) is 18.1. The number of hydrogen-bond donors (Lipinski definition) is 1. The molecule has 3 rings (SSSR count). The Morgan fingerprint density at radius 1 is 1.31 bits per heavy atom. The lowest BCUT2D eigenvalue weighted by Crippen LogP contribution is -2.33. The first-order valence-corrected chi connectivity index (χ1v) is 8.89. The molecule has 0 saturated carbocycles. The molecule has 0 aliphatic heterocycles. The molecule has 0 unspecified atom stereocenters. The molecule has 1 aliphatic carbocycles. The van der Waals surface area contributed by atoms with E-state index in [9.17, 15) is 14.0 Å². The Morgan fingerprint density at radius 3 is 2.77 bits per heavy atom. The third-order valence-corrected chi connectivity index (χ3v) is 4.70. The Bertz CT molecular complexity index is 831. The van der Waals surface area contributed by atoms with Crippen LogP contribution in [-0.2, 0) is 17.6 Å². The van der Waals surface area contributed by atoms with Gasteiger partial charge in [0.05, 0.1) is 12.1 Å². The predicted octanol–water partition coefficient (Wildman–Crippen LogP) is 2.83. The molecule has 1 aromatic carbocycles. The number of benzene rings is 1. The van der Waals surface area contributed by atoms with Gasteiger partial charge in [-0.2, -0.15) is 5.10 Å². The molecule has 2 aromatic rings. The molecule has 0 fully saturated rings. The summed E-state index contributed by atoms with van der Waals surface area (Å²) < 4.78 is 15.3. The molecule has 1 aliphatic rings. The van der Waals surface area contributed by atoms with Crippen molar-refractivity contribution in [1.82, 2.24) is 14.7 Å². The lowest BCUT2D eigenvalue weighted by Gasteiger charge is -2.20. The number of halogens is 1. The fourth-order valence-corrected chi connectivity index (χ4v) is 3.38. The van der Waals surface area contributed by atoms with Gasteiger partial charge < -0.3 is 10.0 Å². The van der Waals surface area contributed by atoms with Gasteiger partial charge in [0, 0.05) is 24.3 Å². The monoisotopic (exact) mass is 359 g/mol. The number of aromatic nitrogens is 2. The molecule has 1 amide bonds. The third-order valence-electron chi connectivity index (χ3n) is 4.70. The lowest BCUT2D eigenvalue weighted by molar-refractivity contribution is -0.137. The first-order chi connectivity index (χ1) is 12.5. The van der Waals surface area contributed by atoms with E-state index in [2.05, 4.69) is 5.10 Å². The molecule has 0 bridgehead atoms. The van der Waals surface area contributed by atoms with Crippen LogP contribution in [0.25, 0.3) is 5.69 Å². The zero-order valence-corrected chi connectivity index (χ0v) is 14.7. The summed E-state index contributed by atoms with van der Waals surface area (Å²) in [5.41, 5.74) is 2.80. The van der Waals surface area contributed by atoms with E-state index in [1.807, 2.05) is 6.92 Å². The van der Waals surface area contributed by atoms with Crippen LogP contribution in [0.15, 0.2) is 24.3 Å². The summed E-state index contributed by atoms with van der Waals surface area (Å²) in [7, 11) is 0. The SMILES string of the molecule is CCN(CCC(=O)O)C(=O)c1nn(-c2cccc(F)c2)c2c1CCCC2. The Kier molecular flexibility index (Phi) is 5.35. The molecule has 0 saturated heterocycles. The number of carbonyl (C=O) groups excluding carboxylic acids is 1. The second kappa shape index (κ2) is 7.68. The topological polar surface area (TPSA) is 75.4 Å². The quantitative estimate of drug-likeness (QED) is 0.861. The average molecular weight is 359 g/mol. The highest BCUT2D eigenvalue weighted by Gasteiger charge is 2.28. The van der Waals surface area contributed by atoms with Crippen LogP contribution in [0.2, 0.25) is 0 Å². The van der Waals surface area contributed by atoms with E-state index >= 15 is 0 Å². The van der Waals surface area contributed by atoms with Crippen LogP contribution in [-0.4, -0.2) is 44.8 Å². The number of rotatable bonds is 6. The highest BCUT2D eigenvalue weighted by molar-refractivity contribution is 5.94. The highest BCUT2D eigenvalue weighted by atomic mass is 19.1. The molecule has 0 spiro atoms. The summed E-state index contributed by atoms with van der Waals surface area (Å²) in [6, 6.07) is 6.16. The summed E-state index contributed by atoms with van der Waals surface area (Å²) in [6.07, 6.45) is 3.41. The van der Waals surface area contributed by atoms with E-state index in [1.54, 1.807) is 16.8 Å². The summed E-state index contributed by atoms with van der Waals surface area (Å²) in [4.78, 5) is 25.3. The maximum absolute atomic E-state index is 13.6. The number of nitrogens with zero attached hydrogens (tertiary/aromatic N) is 3. The smallest absolute Gasteiger partial charge is 0.305 e. The maximum Gasteiger partial charge on any atom is 0.305 e. The van der Waals surface area contributed by atoms with Crippen LogP contribution in [0.4, 0.5) is 4.39 Å². The van der Waals surface area contributed by atoms with Crippen molar-refractivity contribution in [3.8, 4) is 5.69 Å². The van der Waals surface area contributed by atoms with Crippen molar-refractivity contribution in [3.63, 3.8) is 0 Å². The van der Waals surface area contributed by atoms with Crippen LogP contribution >= 0.6 is 0 Å². The Morgan fingerprint density at radius 2 is 2.08 bits per heavy atom. The number of aliphatic carboxylic acids is 1. The highest BCUT2D eigenvalue weighted by Crippen LogP contribution is 2.28. The van der Waals surface area contributed by atoms with E-state index in [-0.39, 0.29) is 24.7 Å². The van der Waals surface area contributed by atoms with Crippen LogP contribution in [0.5, 0.6) is 0 Å². The molecule has 138 valence electrons. The van der Waals surface area contributed by atoms with Crippen LogP contribution in [0, 0.1) is 5.82 Å². The normalized spacial score (nSPS) is 13.3. The van der Waals surface area contributed by atoms with Crippen molar-refractivity contribution >= 4 is 11.9 Å². The van der Waals surface area contributed by atoms with Gasteiger partial charge in [0.2, 0.25) is 0 Å². The maximum atomic E-state index is 13.6. The number of fused-ring (bicyclic) bond motifs is 1. The molecule has 7 heteroatoms. The molecule has 0 radical (unpaired) electrons. The van der Waals surface area contributed by atoms with Crippen molar-refractivity contribution in [2.75, 3.05) is 13.1 Å². The lowest BCUT2D eigenvalue weighted by atomic mass is 9.95. The fourth-order valence-electron chi connectivity index (χ4n) is 3.38.